The molecule has 2 heterocycles. The fourth-order valence-corrected chi connectivity index (χ4v) is 1.03. The highest BCUT2D eigenvalue weighted by Gasteiger charge is 2.24. The molecule has 0 unspecified atom stereocenters. The molecule has 1 amide bonds. The molecule has 0 aliphatic carbocycles. The van der Waals surface area contributed by atoms with Gasteiger partial charge in [-0.3, -0.25) is 9.89 Å². The van der Waals surface area contributed by atoms with E-state index in [0.29, 0.717) is 5.82 Å². The van der Waals surface area contributed by atoms with Crippen LogP contribution in [0.3, 0.4) is 0 Å². The van der Waals surface area contributed by atoms with E-state index in [9.17, 15) is 4.79 Å². The third kappa shape index (κ3) is 1.31. The smallest absolute Gasteiger partial charge is 0.231 e. The quantitative estimate of drug-likeness (QED) is 0.558. The molecule has 12 heavy (non-hydrogen) atoms. The van der Waals surface area contributed by atoms with Crippen molar-refractivity contribution in [2.45, 2.75) is 0 Å². The summed E-state index contributed by atoms with van der Waals surface area (Å²) in [5.74, 6) is 0.832. The summed E-state index contributed by atoms with van der Waals surface area (Å²) >= 11 is 0. The normalized spacial score (nSPS) is 17.0. The Morgan fingerprint density at radius 3 is 3.00 bits per heavy atom. The highest BCUT2D eigenvalue weighted by molar-refractivity contribution is 5.92. The number of H-pyrrole nitrogens is 1. The number of amides is 1. The maximum absolute atomic E-state index is 11.3. The number of hydrogen-bond donors (Lipinski definition) is 3. The van der Waals surface area contributed by atoms with Gasteiger partial charge >= 0.3 is 0 Å². The molecule has 1 aliphatic rings. The van der Waals surface area contributed by atoms with Gasteiger partial charge in [-0.15, -0.1) is 0 Å². The topological polar surface area (TPSA) is 69.8 Å². The van der Waals surface area contributed by atoms with E-state index < -0.39 is 0 Å². The fraction of sp³-hybridized carbons (Fsp3) is 0.429. The third-order valence-electron chi connectivity index (χ3n) is 1.91. The zero-order valence-electron chi connectivity index (χ0n) is 6.50. The van der Waals surface area contributed by atoms with Gasteiger partial charge in [0.25, 0.3) is 0 Å². The molecule has 0 saturated carbocycles. The number of nitrogens with one attached hydrogen (secondary N) is 3. The lowest BCUT2D eigenvalue weighted by Gasteiger charge is -2.25. The van der Waals surface area contributed by atoms with Crippen molar-refractivity contribution in [2.24, 2.45) is 5.92 Å². The van der Waals surface area contributed by atoms with Crippen molar-refractivity contribution in [2.75, 3.05) is 18.4 Å². The van der Waals surface area contributed by atoms with Crippen LogP contribution in [0, 0.1) is 5.92 Å². The summed E-state index contributed by atoms with van der Waals surface area (Å²) < 4.78 is 0. The highest BCUT2D eigenvalue weighted by atomic mass is 16.2. The molecule has 1 fully saturated rings. The summed E-state index contributed by atoms with van der Waals surface area (Å²) in [6, 6.07) is 1.73. The Bertz CT molecular complexity index is 265. The van der Waals surface area contributed by atoms with Crippen molar-refractivity contribution < 1.29 is 4.79 Å². The molecule has 0 spiro atoms. The van der Waals surface area contributed by atoms with Crippen LogP contribution in [0.25, 0.3) is 0 Å². The van der Waals surface area contributed by atoms with Gasteiger partial charge in [-0.1, -0.05) is 0 Å². The minimum atomic E-state index is 0.0537. The molecule has 3 N–H and O–H groups in total. The molecule has 1 aromatic heterocycles. The fourth-order valence-electron chi connectivity index (χ4n) is 1.03. The molecule has 1 aliphatic heterocycles. The van der Waals surface area contributed by atoms with Crippen molar-refractivity contribution in [3.8, 4) is 0 Å². The minimum absolute atomic E-state index is 0.0537. The first-order valence-corrected chi connectivity index (χ1v) is 3.87. The van der Waals surface area contributed by atoms with E-state index in [1.54, 1.807) is 12.3 Å². The molecule has 64 valence electrons. The lowest BCUT2D eigenvalue weighted by atomic mass is 10.0. The molecule has 0 aromatic carbocycles. The van der Waals surface area contributed by atoms with Gasteiger partial charge in [0.2, 0.25) is 5.91 Å². The molecule has 2 rings (SSSR count). The van der Waals surface area contributed by atoms with Crippen LogP contribution in [0.1, 0.15) is 0 Å². The molecule has 0 atom stereocenters. The number of hydrogen-bond acceptors (Lipinski definition) is 3. The third-order valence-corrected chi connectivity index (χ3v) is 1.91. The van der Waals surface area contributed by atoms with Gasteiger partial charge in [-0.2, -0.15) is 5.10 Å². The van der Waals surface area contributed by atoms with Gasteiger partial charge in [0, 0.05) is 19.2 Å². The van der Waals surface area contributed by atoms with Crippen LogP contribution in [0.2, 0.25) is 0 Å². The maximum atomic E-state index is 11.3. The highest BCUT2D eigenvalue weighted by Crippen LogP contribution is 2.07. The first-order valence-electron chi connectivity index (χ1n) is 3.87. The lowest BCUT2D eigenvalue weighted by molar-refractivity contribution is -0.121. The van der Waals surface area contributed by atoms with Crippen molar-refractivity contribution >= 4 is 11.7 Å². The Morgan fingerprint density at radius 1 is 1.67 bits per heavy atom. The van der Waals surface area contributed by atoms with Crippen molar-refractivity contribution in [1.82, 2.24) is 15.5 Å². The van der Waals surface area contributed by atoms with Crippen LogP contribution in [-0.2, 0) is 4.79 Å². The largest absolute Gasteiger partial charge is 0.315 e. The predicted molar refractivity (Wildman–Crippen MR) is 43.6 cm³/mol. The van der Waals surface area contributed by atoms with Gasteiger partial charge in [-0.05, 0) is 0 Å². The second-order valence-electron chi connectivity index (χ2n) is 2.81. The zero-order chi connectivity index (χ0) is 8.39. The summed E-state index contributed by atoms with van der Waals surface area (Å²) in [6.07, 6.45) is 1.61. The monoisotopic (exact) mass is 166 g/mol. The Kier molecular flexibility index (Phi) is 1.79. The van der Waals surface area contributed by atoms with E-state index in [-0.39, 0.29) is 11.8 Å². The lowest BCUT2D eigenvalue weighted by Crippen LogP contribution is -2.48. The van der Waals surface area contributed by atoms with Crippen LogP contribution in [0.15, 0.2) is 12.3 Å². The summed E-state index contributed by atoms with van der Waals surface area (Å²) in [4.78, 5) is 11.3. The minimum Gasteiger partial charge on any atom is -0.315 e. The number of nitrogens with zero attached hydrogens (tertiary/aromatic N) is 1. The SMILES string of the molecule is O=C(Nc1ccn[nH]1)C1CNC1. The van der Waals surface area contributed by atoms with Gasteiger partial charge in [-0.25, -0.2) is 0 Å². The van der Waals surface area contributed by atoms with Crippen LogP contribution < -0.4 is 10.6 Å². The van der Waals surface area contributed by atoms with E-state index in [2.05, 4.69) is 20.8 Å². The average molecular weight is 166 g/mol. The molecule has 1 aromatic rings. The summed E-state index contributed by atoms with van der Waals surface area (Å²) in [5.41, 5.74) is 0. The standard InChI is InChI=1S/C7H10N4O/c12-7(5-3-8-4-5)10-6-1-2-9-11-6/h1-2,5,8H,3-4H2,(H2,9,10,11,12). The number of carbonyl (C=O) groups excluding carboxylic acids is 1. The van der Waals surface area contributed by atoms with E-state index in [0.717, 1.165) is 13.1 Å². The summed E-state index contributed by atoms with van der Waals surface area (Å²) in [7, 11) is 0. The average Bonchev–Trinajstić information content (AvgIpc) is 2.34. The van der Waals surface area contributed by atoms with Crippen LogP contribution in [0.5, 0.6) is 0 Å². The first-order chi connectivity index (χ1) is 5.86. The van der Waals surface area contributed by atoms with Crippen LogP contribution in [-0.4, -0.2) is 29.2 Å². The molecular weight excluding hydrogens is 156 g/mol. The van der Waals surface area contributed by atoms with Gasteiger partial charge in [0.05, 0.1) is 12.1 Å². The summed E-state index contributed by atoms with van der Waals surface area (Å²) in [6.45, 7) is 1.56. The predicted octanol–water partition coefficient (Wildman–Crippen LogP) is -0.432. The van der Waals surface area contributed by atoms with Crippen molar-refractivity contribution in [1.29, 1.82) is 0 Å². The van der Waals surface area contributed by atoms with E-state index in [1.807, 2.05) is 0 Å². The van der Waals surface area contributed by atoms with E-state index in [4.69, 9.17) is 0 Å². The number of carbonyl (C=O) groups is 1. The number of rotatable bonds is 2. The van der Waals surface area contributed by atoms with E-state index >= 15 is 0 Å². The number of aromatic nitrogens is 2. The van der Waals surface area contributed by atoms with Gasteiger partial charge < -0.3 is 10.6 Å². The molecule has 0 bridgehead atoms. The molecule has 5 heteroatoms. The van der Waals surface area contributed by atoms with Crippen LogP contribution >= 0.6 is 0 Å². The Morgan fingerprint density at radius 2 is 2.50 bits per heavy atom. The maximum Gasteiger partial charge on any atom is 0.231 e. The van der Waals surface area contributed by atoms with Crippen LogP contribution in [0.4, 0.5) is 5.82 Å². The molecule has 1 saturated heterocycles. The first kappa shape index (κ1) is 7.30. The zero-order valence-corrected chi connectivity index (χ0v) is 6.50. The second kappa shape index (κ2) is 2.94. The van der Waals surface area contributed by atoms with Crippen molar-refractivity contribution in [3.05, 3.63) is 12.3 Å². The Balaban J connectivity index is 1.90. The van der Waals surface area contributed by atoms with Gasteiger partial charge in [0.15, 0.2) is 0 Å². The number of anilines is 1. The molecular formula is C7H10N4O. The van der Waals surface area contributed by atoms with Gasteiger partial charge in [0.1, 0.15) is 5.82 Å². The number of aromatic amines is 1. The van der Waals surface area contributed by atoms with E-state index in [1.165, 1.54) is 0 Å². The Hall–Kier alpha value is -1.36. The summed E-state index contributed by atoms with van der Waals surface area (Å²) in [5, 5.41) is 12.2. The van der Waals surface area contributed by atoms with Crippen molar-refractivity contribution in [3.63, 3.8) is 0 Å². The Labute approximate surface area is 69.5 Å². The molecule has 0 radical (unpaired) electrons. The second-order valence-corrected chi connectivity index (χ2v) is 2.81. The molecule has 5 nitrogen and oxygen atoms in total.